The second-order valence-electron chi connectivity index (χ2n) is 9.59. The van der Waals surface area contributed by atoms with E-state index in [4.69, 9.17) is 14.2 Å². The minimum Gasteiger partial charge on any atom is -0.494 e. The van der Waals surface area contributed by atoms with Gasteiger partial charge >= 0.3 is 11.9 Å². The molecule has 0 aliphatic rings. The number of unbranched alkanes of at least 4 members (excludes halogenated alkanes) is 5. The molecule has 0 aliphatic heterocycles. The minimum atomic E-state index is -0.800. The lowest BCUT2D eigenvalue weighted by atomic mass is 10.0. The van der Waals surface area contributed by atoms with Crippen LogP contribution in [0, 0.1) is 5.82 Å². The average molecular weight is 535 g/mol. The van der Waals surface area contributed by atoms with Crippen molar-refractivity contribution >= 4 is 11.9 Å². The number of carbonyl (C=O) groups is 2. The molecule has 0 bridgehead atoms. The summed E-state index contributed by atoms with van der Waals surface area (Å²) in [5.74, 6) is -1.29. The molecule has 0 saturated heterocycles. The van der Waals surface area contributed by atoms with Gasteiger partial charge in [-0.25, -0.2) is 14.0 Å². The van der Waals surface area contributed by atoms with Gasteiger partial charge in [-0.15, -0.1) is 0 Å². The first-order chi connectivity index (χ1) is 18.9. The summed E-state index contributed by atoms with van der Waals surface area (Å²) >= 11 is 0. The summed E-state index contributed by atoms with van der Waals surface area (Å²) in [5.41, 5.74) is 2.08. The highest BCUT2D eigenvalue weighted by Gasteiger charge is 2.18. The molecule has 3 rings (SSSR count). The molecular weight excluding hydrogens is 495 g/mol. The molecule has 0 amide bonds. The van der Waals surface area contributed by atoms with Crippen molar-refractivity contribution < 1.29 is 28.2 Å². The van der Waals surface area contributed by atoms with Gasteiger partial charge in [0.25, 0.3) is 0 Å². The maximum Gasteiger partial charge on any atom is 0.343 e. The van der Waals surface area contributed by atoms with E-state index in [2.05, 4.69) is 6.92 Å². The van der Waals surface area contributed by atoms with Crippen molar-refractivity contribution in [3.8, 4) is 22.6 Å². The number of benzene rings is 3. The maximum absolute atomic E-state index is 14.5. The number of halogens is 1. The predicted molar refractivity (Wildman–Crippen MR) is 152 cm³/mol. The second-order valence-corrected chi connectivity index (χ2v) is 9.59. The van der Waals surface area contributed by atoms with Crippen LogP contribution in [0.5, 0.6) is 11.5 Å². The Hall–Kier alpha value is -3.67. The Morgan fingerprint density at radius 2 is 1.31 bits per heavy atom. The Kier molecular flexibility index (Phi) is 12.0. The summed E-state index contributed by atoms with van der Waals surface area (Å²) in [6.45, 7) is 6.74. The zero-order valence-corrected chi connectivity index (χ0v) is 23.2. The highest BCUT2D eigenvalue weighted by molar-refractivity contribution is 5.92. The predicted octanol–water partition coefficient (Wildman–Crippen LogP) is 8.80. The average Bonchev–Trinajstić information content (AvgIpc) is 2.95. The normalized spacial score (nSPS) is 10.9. The molecule has 0 radical (unpaired) electrons. The third-order valence-electron chi connectivity index (χ3n) is 6.63. The zero-order valence-electron chi connectivity index (χ0n) is 23.2. The van der Waals surface area contributed by atoms with Crippen molar-refractivity contribution in [3.63, 3.8) is 0 Å². The van der Waals surface area contributed by atoms with E-state index < -0.39 is 17.8 Å². The standard InChI is InChI=1S/C33H39FO5/c1-4-7-8-9-10-11-22-37-28-18-16-25(17-19-28)24-12-14-26(15-13-24)32(35)39-29-20-21-30(31(34)23-29)33(36)38-27(5-2)6-3/h12-21,23,27H,4-11,22H2,1-3H3. The van der Waals surface area contributed by atoms with Crippen molar-refractivity contribution in [1.82, 2.24) is 0 Å². The molecular formula is C33H39FO5. The van der Waals surface area contributed by atoms with E-state index in [0.29, 0.717) is 18.4 Å². The van der Waals surface area contributed by atoms with Gasteiger partial charge in [-0.05, 0) is 66.8 Å². The van der Waals surface area contributed by atoms with Gasteiger partial charge in [-0.2, -0.15) is 0 Å². The quantitative estimate of drug-likeness (QED) is 0.111. The van der Waals surface area contributed by atoms with Crippen molar-refractivity contribution in [1.29, 1.82) is 0 Å². The Labute approximate surface area is 231 Å². The zero-order chi connectivity index (χ0) is 28.0. The van der Waals surface area contributed by atoms with E-state index in [1.807, 2.05) is 50.2 Å². The van der Waals surface area contributed by atoms with Gasteiger partial charge in [0.05, 0.1) is 17.7 Å². The van der Waals surface area contributed by atoms with E-state index in [9.17, 15) is 14.0 Å². The maximum atomic E-state index is 14.5. The Morgan fingerprint density at radius 1 is 0.718 bits per heavy atom. The first kappa shape index (κ1) is 29.9. The fraction of sp³-hybridized carbons (Fsp3) is 0.394. The molecule has 208 valence electrons. The van der Waals surface area contributed by atoms with E-state index in [1.54, 1.807) is 12.1 Å². The van der Waals surface area contributed by atoms with E-state index in [1.165, 1.54) is 44.2 Å². The molecule has 0 heterocycles. The monoisotopic (exact) mass is 534 g/mol. The van der Waals surface area contributed by atoms with Crippen LogP contribution in [-0.4, -0.2) is 24.6 Å². The van der Waals surface area contributed by atoms with Gasteiger partial charge in [0.2, 0.25) is 0 Å². The van der Waals surface area contributed by atoms with Gasteiger partial charge < -0.3 is 14.2 Å². The fourth-order valence-corrected chi connectivity index (χ4v) is 4.18. The number of carbonyl (C=O) groups excluding carboxylic acids is 2. The third kappa shape index (κ3) is 9.24. The van der Waals surface area contributed by atoms with Crippen LogP contribution in [0.4, 0.5) is 4.39 Å². The second kappa shape index (κ2) is 15.7. The highest BCUT2D eigenvalue weighted by atomic mass is 19.1. The number of rotatable bonds is 15. The van der Waals surface area contributed by atoms with Gasteiger partial charge in [0.1, 0.15) is 23.4 Å². The Bertz CT molecular complexity index is 1180. The summed E-state index contributed by atoms with van der Waals surface area (Å²) < 4.78 is 31.0. The first-order valence-electron chi connectivity index (χ1n) is 14.0. The molecule has 0 aliphatic carbocycles. The molecule has 6 heteroatoms. The van der Waals surface area contributed by atoms with Crippen molar-refractivity contribution in [2.24, 2.45) is 0 Å². The van der Waals surface area contributed by atoms with Crippen LogP contribution >= 0.6 is 0 Å². The molecule has 0 fully saturated rings. The van der Waals surface area contributed by atoms with Crippen molar-refractivity contribution in [2.75, 3.05) is 6.61 Å². The summed E-state index contributed by atoms with van der Waals surface area (Å²) in [4.78, 5) is 24.8. The highest BCUT2D eigenvalue weighted by Crippen LogP contribution is 2.24. The lowest BCUT2D eigenvalue weighted by Gasteiger charge is -2.14. The number of hydrogen-bond donors (Lipinski definition) is 0. The first-order valence-corrected chi connectivity index (χ1v) is 14.0. The van der Waals surface area contributed by atoms with Crippen LogP contribution < -0.4 is 9.47 Å². The van der Waals surface area contributed by atoms with Crippen molar-refractivity contribution in [2.45, 2.75) is 78.2 Å². The van der Waals surface area contributed by atoms with Crippen LogP contribution in [0.25, 0.3) is 11.1 Å². The van der Waals surface area contributed by atoms with Crippen LogP contribution in [0.2, 0.25) is 0 Å². The smallest absolute Gasteiger partial charge is 0.343 e. The lowest BCUT2D eigenvalue weighted by molar-refractivity contribution is 0.0279. The summed E-state index contributed by atoms with van der Waals surface area (Å²) in [6.07, 6.45) is 8.40. The van der Waals surface area contributed by atoms with Crippen LogP contribution in [0.3, 0.4) is 0 Å². The Balaban J connectivity index is 1.52. The van der Waals surface area contributed by atoms with Crippen LogP contribution in [-0.2, 0) is 4.74 Å². The number of hydrogen-bond acceptors (Lipinski definition) is 5. The van der Waals surface area contributed by atoms with E-state index in [-0.39, 0.29) is 17.4 Å². The SMILES string of the molecule is CCCCCCCCOc1ccc(-c2ccc(C(=O)Oc3ccc(C(=O)OC(CC)CC)c(F)c3)cc2)cc1. The third-order valence-corrected chi connectivity index (χ3v) is 6.63. The Morgan fingerprint density at radius 3 is 1.92 bits per heavy atom. The molecule has 0 N–H and O–H groups in total. The summed E-state index contributed by atoms with van der Waals surface area (Å²) in [5, 5.41) is 0. The van der Waals surface area contributed by atoms with Crippen molar-refractivity contribution in [3.05, 3.63) is 83.7 Å². The van der Waals surface area contributed by atoms with E-state index in [0.717, 1.165) is 36.0 Å². The topological polar surface area (TPSA) is 61.8 Å². The van der Waals surface area contributed by atoms with Crippen LogP contribution in [0.15, 0.2) is 66.7 Å². The fourth-order valence-electron chi connectivity index (χ4n) is 4.18. The number of esters is 2. The molecule has 5 nitrogen and oxygen atoms in total. The minimum absolute atomic E-state index is 0.0113. The van der Waals surface area contributed by atoms with Crippen LogP contribution in [0.1, 0.15) is 92.9 Å². The number of ether oxygens (including phenoxy) is 3. The molecule has 0 saturated carbocycles. The summed E-state index contributed by atoms with van der Waals surface area (Å²) in [7, 11) is 0. The van der Waals surface area contributed by atoms with Gasteiger partial charge in [-0.1, -0.05) is 77.1 Å². The molecule has 0 atom stereocenters. The lowest BCUT2D eigenvalue weighted by Crippen LogP contribution is -2.17. The molecule has 0 spiro atoms. The molecule has 3 aromatic rings. The van der Waals surface area contributed by atoms with Gasteiger partial charge in [-0.3, -0.25) is 0 Å². The van der Waals surface area contributed by atoms with Gasteiger partial charge in [0.15, 0.2) is 0 Å². The van der Waals surface area contributed by atoms with E-state index >= 15 is 0 Å². The molecule has 3 aromatic carbocycles. The molecule has 39 heavy (non-hydrogen) atoms. The van der Waals surface area contributed by atoms with Gasteiger partial charge in [0, 0.05) is 6.07 Å². The molecule has 0 unspecified atom stereocenters. The largest absolute Gasteiger partial charge is 0.494 e. The summed E-state index contributed by atoms with van der Waals surface area (Å²) in [6, 6.07) is 18.6. The molecule has 0 aromatic heterocycles.